The smallest absolute Gasteiger partial charge is 0.306 e. The van der Waals surface area contributed by atoms with Gasteiger partial charge in [0.25, 0.3) is 0 Å². The van der Waals surface area contributed by atoms with E-state index in [-0.39, 0.29) is 37.5 Å². The van der Waals surface area contributed by atoms with Crippen molar-refractivity contribution in [2.24, 2.45) is 0 Å². The third kappa shape index (κ3) is 59.6. The van der Waals surface area contributed by atoms with E-state index in [9.17, 15) is 14.4 Å². The first-order valence-electron chi connectivity index (χ1n) is 31.4. The Morgan fingerprint density at radius 2 is 0.534 bits per heavy atom. The highest BCUT2D eigenvalue weighted by Crippen LogP contribution is 2.17. The van der Waals surface area contributed by atoms with Gasteiger partial charge in [-0.25, -0.2) is 0 Å². The highest BCUT2D eigenvalue weighted by molar-refractivity contribution is 5.71. The number of carbonyl (C=O) groups excluding carboxylic acids is 3. The molecular weight excluding hydrogens is 901 g/mol. The third-order valence-electron chi connectivity index (χ3n) is 13.7. The number of esters is 3. The Bertz CT molecular complexity index is 1360. The largest absolute Gasteiger partial charge is 0.462 e. The molecule has 6 heteroatoms. The lowest BCUT2D eigenvalue weighted by Gasteiger charge is -2.18. The molecule has 422 valence electrons. The summed E-state index contributed by atoms with van der Waals surface area (Å²) in [4.78, 5) is 38.2. The Kier molecular flexibility index (Phi) is 58.7. The van der Waals surface area contributed by atoms with E-state index in [2.05, 4.69) is 93.7 Å². The van der Waals surface area contributed by atoms with E-state index in [4.69, 9.17) is 14.2 Å². The predicted octanol–water partition coefficient (Wildman–Crippen LogP) is 21.3. The van der Waals surface area contributed by atoms with Crippen LogP contribution in [0.1, 0.15) is 316 Å². The second-order valence-electron chi connectivity index (χ2n) is 20.9. The van der Waals surface area contributed by atoms with E-state index in [1.165, 1.54) is 167 Å². The summed E-state index contributed by atoms with van der Waals surface area (Å²) >= 11 is 0. The number of rotatable bonds is 57. The molecule has 0 fully saturated rings. The van der Waals surface area contributed by atoms with Gasteiger partial charge in [-0.2, -0.15) is 0 Å². The van der Waals surface area contributed by atoms with Crippen LogP contribution < -0.4 is 0 Å². The monoisotopic (exact) mass is 1020 g/mol. The van der Waals surface area contributed by atoms with Crippen molar-refractivity contribution >= 4 is 17.9 Å². The van der Waals surface area contributed by atoms with Crippen LogP contribution in [-0.2, 0) is 28.6 Å². The van der Waals surface area contributed by atoms with Crippen molar-refractivity contribution in [2.45, 2.75) is 322 Å². The topological polar surface area (TPSA) is 78.9 Å². The lowest BCUT2D eigenvalue weighted by atomic mass is 10.0. The first kappa shape index (κ1) is 69.8. The summed E-state index contributed by atoms with van der Waals surface area (Å²) in [6.45, 7) is 6.49. The number of hydrogen-bond acceptors (Lipinski definition) is 6. The molecule has 0 saturated heterocycles. The van der Waals surface area contributed by atoms with Crippen LogP contribution in [-0.4, -0.2) is 37.2 Å². The van der Waals surface area contributed by atoms with Crippen molar-refractivity contribution < 1.29 is 28.6 Å². The zero-order valence-corrected chi connectivity index (χ0v) is 48.4. The highest BCUT2D eigenvalue weighted by atomic mass is 16.6. The Balaban J connectivity index is 4.30. The molecule has 0 aromatic rings. The number of carbonyl (C=O) groups is 3. The van der Waals surface area contributed by atoms with Crippen LogP contribution in [0.2, 0.25) is 0 Å². The summed E-state index contributed by atoms with van der Waals surface area (Å²) in [5.41, 5.74) is 0. The fourth-order valence-corrected chi connectivity index (χ4v) is 9.00. The minimum Gasteiger partial charge on any atom is -0.462 e. The third-order valence-corrected chi connectivity index (χ3v) is 13.7. The molecule has 0 aliphatic carbocycles. The number of ether oxygens (including phenoxy) is 3. The van der Waals surface area contributed by atoms with Gasteiger partial charge in [-0.15, -0.1) is 0 Å². The molecular formula is C67H118O6. The number of allylic oxidation sites excluding steroid dienone is 12. The summed E-state index contributed by atoms with van der Waals surface area (Å²) in [7, 11) is 0. The fraction of sp³-hybridized carbons (Fsp3) is 0.776. The molecule has 0 aromatic heterocycles. The van der Waals surface area contributed by atoms with Crippen molar-refractivity contribution in [3.8, 4) is 0 Å². The molecule has 0 N–H and O–H groups in total. The van der Waals surface area contributed by atoms with E-state index in [1.54, 1.807) is 0 Å². The van der Waals surface area contributed by atoms with Gasteiger partial charge in [0, 0.05) is 19.3 Å². The maximum absolute atomic E-state index is 12.9. The van der Waals surface area contributed by atoms with E-state index >= 15 is 0 Å². The van der Waals surface area contributed by atoms with Gasteiger partial charge in [0.05, 0.1) is 0 Å². The zero-order chi connectivity index (χ0) is 52.9. The van der Waals surface area contributed by atoms with Gasteiger partial charge in [0.2, 0.25) is 0 Å². The van der Waals surface area contributed by atoms with E-state index in [0.717, 1.165) is 103 Å². The van der Waals surface area contributed by atoms with Gasteiger partial charge in [0.15, 0.2) is 6.10 Å². The van der Waals surface area contributed by atoms with E-state index < -0.39 is 6.10 Å². The van der Waals surface area contributed by atoms with Crippen LogP contribution >= 0.6 is 0 Å². The molecule has 1 unspecified atom stereocenters. The lowest BCUT2D eigenvalue weighted by molar-refractivity contribution is -0.167. The van der Waals surface area contributed by atoms with E-state index in [1.807, 2.05) is 0 Å². The van der Waals surface area contributed by atoms with Gasteiger partial charge in [0.1, 0.15) is 13.2 Å². The zero-order valence-electron chi connectivity index (χ0n) is 48.4. The summed E-state index contributed by atoms with van der Waals surface area (Å²) in [6, 6.07) is 0. The molecule has 0 amide bonds. The van der Waals surface area contributed by atoms with Gasteiger partial charge >= 0.3 is 17.9 Å². The van der Waals surface area contributed by atoms with Crippen molar-refractivity contribution in [3.63, 3.8) is 0 Å². The Morgan fingerprint density at radius 1 is 0.288 bits per heavy atom. The minimum absolute atomic E-state index is 0.0943. The van der Waals surface area contributed by atoms with Crippen LogP contribution in [0.3, 0.4) is 0 Å². The fourth-order valence-electron chi connectivity index (χ4n) is 9.00. The molecule has 0 bridgehead atoms. The molecule has 0 aliphatic heterocycles. The summed E-state index contributed by atoms with van der Waals surface area (Å²) < 4.78 is 16.9. The van der Waals surface area contributed by atoms with Crippen molar-refractivity contribution in [2.75, 3.05) is 13.2 Å². The average molecular weight is 1020 g/mol. The van der Waals surface area contributed by atoms with Crippen molar-refractivity contribution in [3.05, 3.63) is 72.9 Å². The van der Waals surface area contributed by atoms with Crippen LogP contribution in [0.25, 0.3) is 0 Å². The summed E-state index contributed by atoms with van der Waals surface area (Å²) in [5, 5.41) is 0. The Hall–Kier alpha value is -3.15. The molecule has 0 rings (SSSR count). The standard InChI is InChI=1S/C67H118O6/c1-4-7-10-13-16-19-22-25-28-29-30-31-32-33-34-35-36-37-40-42-45-48-51-54-57-60-66(69)72-63-64(73-67(70)61-58-55-52-49-46-43-39-27-24-21-18-15-12-9-6-3)62-71-65(68)59-56-53-50-47-44-41-38-26-23-20-17-14-11-8-5-2/h9,12,17-18,20-21,26-27,38-39,46,49,64H,4-8,10-11,13-16,19,22-25,28-37,40-45,47-48,50-63H2,1-3H3/b12-9-,20-17-,21-18-,38-26-,39-27-,49-46-. The summed E-state index contributed by atoms with van der Waals surface area (Å²) in [6.07, 6.45) is 79.2. The molecule has 0 heterocycles. The van der Waals surface area contributed by atoms with Crippen molar-refractivity contribution in [1.29, 1.82) is 0 Å². The lowest BCUT2D eigenvalue weighted by Crippen LogP contribution is -2.30. The maximum Gasteiger partial charge on any atom is 0.306 e. The highest BCUT2D eigenvalue weighted by Gasteiger charge is 2.19. The summed E-state index contributed by atoms with van der Waals surface area (Å²) in [5.74, 6) is -0.938. The van der Waals surface area contributed by atoms with Gasteiger partial charge in [-0.3, -0.25) is 14.4 Å². The quantitative estimate of drug-likeness (QED) is 0.0261. The van der Waals surface area contributed by atoms with Crippen LogP contribution in [0.15, 0.2) is 72.9 Å². The Labute approximate surface area is 453 Å². The molecule has 73 heavy (non-hydrogen) atoms. The molecule has 0 spiro atoms. The molecule has 6 nitrogen and oxygen atoms in total. The van der Waals surface area contributed by atoms with Crippen molar-refractivity contribution in [1.82, 2.24) is 0 Å². The molecule has 0 radical (unpaired) electrons. The molecule has 1 atom stereocenters. The van der Waals surface area contributed by atoms with Gasteiger partial charge in [-0.1, -0.05) is 280 Å². The van der Waals surface area contributed by atoms with Gasteiger partial charge in [-0.05, 0) is 89.9 Å². The molecule has 0 aliphatic rings. The first-order valence-corrected chi connectivity index (χ1v) is 31.4. The molecule has 0 saturated carbocycles. The second-order valence-corrected chi connectivity index (χ2v) is 20.9. The van der Waals surface area contributed by atoms with Crippen LogP contribution in [0.4, 0.5) is 0 Å². The second kappa shape index (κ2) is 61.4. The Morgan fingerprint density at radius 3 is 0.890 bits per heavy atom. The van der Waals surface area contributed by atoms with E-state index in [0.29, 0.717) is 19.3 Å². The number of unbranched alkanes of at least 4 members (excludes halogenated alkanes) is 34. The van der Waals surface area contributed by atoms with Crippen LogP contribution in [0.5, 0.6) is 0 Å². The number of hydrogen-bond donors (Lipinski definition) is 0. The normalized spacial score (nSPS) is 12.5. The average Bonchev–Trinajstić information content (AvgIpc) is 3.39. The minimum atomic E-state index is -0.802. The van der Waals surface area contributed by atoms with Crippen LogP contribution in [0, 0.1) is 0 Å². The molecule has 0 aromatic carbocycles. The first-order chi connectivity index (χ1) is 36.0. The van der Waals surface area contributed by atoms with Gasteiger partial charge < -0.3 is 14.2 Å². The SMILES string of the molecule is CC/C=C\C/C=C\C/C=C\C/C=C\CCCCC(=O)OC(COC(=O)CCCCCCC/C=C\C/C=C\CCCCC)COC(=O)CCCCCCCCCCCCCCCCCCCCCCCCCCC. The maximum atomic E-state index is 12.9. The predicted molar refractivity (Wildman–Crippen MR) is 316 cm³/mol.